The fourth-order valence-corrected chi connectivity index (χ4v) is 7.71. The van der Waals surface area contributed by atoms with Crippen LogP contribution in [0, 0.1) is 35.5 Å². The van der Waals surface area contributed by atoms with Gasteiger partial charge < -0.3 is 9.31 Å². The Labute approximate surface area is 200 Å². The highest BCUT2D eigenvalue weighted by Crippen LogP contribution is 2.49. The molecule has 6 atom stereocenters. The number of carbonyl (C=O) groups is 2. The summed E-state index contributed by atoms with van der Waals surface area (Å²) < 4.78 is 12.9. The Bertz CT molecular complexity index is 799. The minimum Gasteiger partial charge on any atom is -0.400 e. The van der Waals surface area contributed by atoms with E-state index in [0.717, 1.165) is 31.2 Å². The van der Waals surface area contributed by atoms with Gasteiger partial charge in [0, 0.05) is 24.7 Å². The molecule has 182 valence electrons. The molecular weight excluding hydrogens is 411 g/mol. The molecule has 4 nitrogen and oxygen atoms in total. The van der Waals surface area contributed by atoms with E-state index in [0.29, 0.717) is 35.2 Å². The largest absolute Gasteiger partial charge is 0.490 e. The third kappa shape index (κ3) is 4.42. The van der Waals surface area contributed by atoms with E-state index in [1.165, 1.54) is 51.4 Å². The van der Waals surface area contributed by atoms with E-state index in [9.17, 15) is 9.59 Å². The molecule has 0 bridgehead atoms. The van der Waals surface area contributed by atoms with Gasteiger partial charge in [-0.15, -0.1) is 0 Å². The Morgan fingerprint density at radius 1 is 0.818 bits per heavy atom. The zero-order chi connectivity index (χ0) is 23.4. The maximum atomic E-state index is 13.1. The molecule has 0 aromatic heterocycles. The van der Waals surface area contributed by atoms with Crippen molar-refractivity contribution >= 4 is 18.7 Å². The Morgan fingerprint density at radius 2 is 1.30 bits per heavy atom. The summed E-state index contributed by atoms with van der Waals surface area (Å²) in [5.74, 6) is 3.40. The van der Waals surface area contributed by atoms with Crippen LogP contribution in [-0.2, 0) is 18.9 Å². The Balaban J connectivity index is 1.38. The fourth-order valence-electron chi connectivity index (χ4n) is 7.71. The Hall–Kier alpha value is -0.935. The third-order valence-corrected chi connectivity index (χ3v) is 10.4. The van der Waals surface area contributed by atoms with Crippen LogP contribution in [0.5, 0.6) is 0 Å². The summed E-state index contributed by atoms with van der Waals surface area (Å²) in [6.07, 6.45) is 15.2. The lowest BCUT2D eigenvalue weighted by Gasteiger charge is -2.32. The molecule has 6 unspecified atom stereocenters. The zero-order valence-corrected chi connectivity index (χ0v) is 21.2. The van der Waals surface area contributed by atoms with Gasteiger partial charge in [0.1, 0.15) is 11.6 Å². The normalized spacial score (nSPS) is 40.2. The van der Waals surface area contributed by atoms with E-state index in [1.807, 2.05) is 0 Å². The molecule has 0 N–H and O–H groups in total. The Morgan fingerprint density at radius 3 is 1.88 bits per heavy atom. The molecule has 0 spiro atoms. The monoisotopic (exact) mass is 454 g/mol. The van der Waals surface area contributed by atoms with Crippen LogP contribution in [0.15, 0.2) is 11.5 Å². The smallest absolute Gasteiger partial charge is 0.400 e. The van der Waals surface area contributed by atoms with Gasteiger partial charge in [-0.3, -0.25) is 9.59 Å². The van der Waals surface area contributed by atoms with Crippen molar-refractivity contribution in [2.45, 2.75) is 116 Å². The first-order valence-electron chi connectivity index (χ1n) is 13.8. The van der Waals surface area contributed by atoms with Crippen LogP contribution in [0.3, 0.4) is 0 Å². The lowest BCUT2D eigenvalue weighted by Crippen LogP contribution is -2.41. The first kappa shape index (κ1) is 23.8. The lowest BCUT2D eigenvalue weighted by atomic mass is 9.68. The molecule has 1 aliphatic heterocycles. The summed E-state index contributed by atoms with van der Waals surface area (Å²) in [7, 11) is -0.413. The lowest BCUT2D eigenvalue weighted by molar-refractivity contribution is -0.122. The highest BCUT2D eigenvalue weighted by Gasteiger charge is 2.54. The molecule has 5 rings (SSSR count). The number of allylic oxidation sites excluding steroid dienone is 2. The first-order chi connectivity index (χ1) is 15.7. The summed E-state index contributed by atoms with van der Waals surface area (Å²) >= 11 is 0. The standard InChI is InChI=1S/C28H43BO4/c1-27(2)28(3,4)33-29(32-27)20(17-24-22-12-8-6-10-19(22)16-26(24)31)13-14-23-21-11-7-5-9-18(21)15-25(23)30/h13,18-19,21-24H,5-12,14-17H2,1-4H3. The van der Waals surface area contributed by atoms with E-state index in [4.69, 9.17) is 9.31 Å². The van der Waals surface area contributed by atoms with Crippen molar-refractivity contribution in [2.24, 2.45) is 35.5 Å². The van der Waals surface area contributed by atoms with E-state index >= 15 is 0 Å². The van der Waals surface area contributed by atoms with Crippen LogP contribution in [-0.4, -0.2) is 29.9 Å². The minimum atomic E-state index is -0.413. The molecule has 5 fully saturated rings. The molecule has 0 radical (unpaired) electrons. The van der Waals surface area contributed by atoms with Gasteiger partial charge in [0.15, 0.2) is 0 Å². The van der Waals surface area contributed by atoms with Crippen LogP contribution in [0.2, 0.25) is 0 Å². The van der Waals surface area contributed by atoms with Crippen molar-refractivity contribution in [3.05, 3.63) is 11.5 Å². The summed E-state index contributed by atoms with van der Waals surface area (Å²) in [4.78, 5) is 26.0. The van der Waals surface area contributed by atoms with Crippen LogP contribution < -0.4 is 0 Å². The van der Waals surface area contributed by atoms with Gasteiger partial charge in [0.25, 0.3) is 0 Å². The second-order valence-corrected chi connectivity index (χ2v) is 12.8. The molecule has 5 heteroatoms. The minimum absolute atomic E-state index is 0.0993. The maximum absolute atomic E-state index is 13.1. The molecule has 0 aromatic carbocycles. The molecule has 1 saturated heterocycles. The number of carbonyl (C=O) groups excluding carboxylic acids is 2. The van der Waals surface area contributed by atoms with Gasteiger partial charge in [-0.1, -0.05) is 31.8 Å². The second-order valence-electron chi connectivity index (χ2n) is 12.8. The van der Waals surface area contributed by atoms with Gasteiger partial charge in [0.05, 0.1) is 11.2 Å². The average Bonchev–Trinajstić information content (AvgIpc) is 3.32. The van der Waals surface area contributed by atoms with Crippen LogP contribution in [0.4, 0.5) is 0 Å². The number of Topliss-reactive ketones (excluding diaryl/α,β-unsaturated/α-hetero) is 2. The molecule has 4 saturated carbocycles. The molecule has 5 aliphatic rings. The summed E-state index contributed by atoms with van der Waals surface area (Å²) in [5, 5.41) is 0. The summed E-state index contributed by atoms with van der Waals surface area (Å²) in [5.41, 5.74) is 0.313. The predicted molar refractivity (Wildman–Crippen MR) is 131 cm³/mol. The quantitative estimate of drug-likeness (QED) is 0.470. The number of fused-ring (bicyclic) bond motifs is 2. The van der Waals surface area contributed by atoms with Crippen molar-refractivity contribution in [1.29, 1.82) is 0 Å². The van der Waals surface area contributed by atoms with E-state index < -0.39 is 18.3 Å². The SMILES string of the molecule is CC1(C)OB(C(=CCC2C(=O)CC3CCCCC32)CC2C(=O)CC3CCCCC32)OC1(C)C. The summed E-state index contributed by atoms with van der Waals surface area (Å²) in [6, 6.07) is 0. The predicted octanol–water partition coefficient (Wildman–Crippen LogP) is 6.12. The first-order valence-corrected chi connectivity index (χ1v) is 13.8. The van der Waals surface area contributed by atoms with Crippen LogP contribution in [0.1, 0.15) is 105 Å². The number of ketones is 2. The average molecular weight is 454 g/mol. The molecule has 4 aliphatic carbocycles. The highest BCUT2D eigenvalue weighted by atomic mass is 16.7. The second kappa shape index (κ2) is 8.93. The summed E-state index contributed by atoms with van der Waals surface area (Å²) in [6.45, 7) is 8.37. The van der Waals surface area contributed by atoms with E-state index in [2.05, 4.69) is 33.8 Å². The van der Waals surface area contributed by atoms with Gasteiger partial charge >= 0.3 is 7.12 Å². The van der Waals surface area contributed by atoms with Crippen molar-refractivity contribution in [2.75, 3.05) is 0 Å². The van der Waals surface area contributed by atoms with Gasteiger partial charge in [-0.2, -0.15) is 0 Å². The van der Waals surface area contributed by atoms with Crippen molar-refractivity contribution in [3.63, 3.8) is 0 Å². The molecule has 0 amide bonds. The number of rotatable bonds is 5. The molecule has 0 aromatic rings. The highest BCUT2D eigenvalue weighted by molar-refractivity contribution is 6.54. The molecular formula is C28H43BO4. The fraction of sp³-hybridized carbons (Fsp3) is 0.857. The van der Waals surface area contributed by atoms with Crippen LogP contribution in [0.25, 0.3) is 0 Å². The van der Waals surface area contributed by atoms with Crippen molar-refractivity contribution in [3.8, 4) is 0 Å². The zero-order valence-electron chi connectivity index (χ0n) is 21.2. The van der Waals surface area contributed by atoms with Crippen molar-refractivity contribution in [1.82, 2.24) is 0 Å². The number of hydrogen-bond donors (Lipinski definition) is 0. The van der Waals surface area contributed by atoms with Crippen LogP contribution >= 0.6 is 0 Å². The van der Waals surface area contributed by atoms with Crippen molar-refractivity contribution < 1.29 is 18.9 Å². The Kier molecular flexibility index (Phi) is 6.44. The maximum Gasteiger partial charge on any atom is 0.490 e. The van der Waals surface area contributed by atoms with E-state index in [1.54, 1.807) is 0 Å². The van der Waals surface area contributed by atoms with Gasteiger partial charge in [-0.05, 0) is 95.4 Å². The third-order valence-electron chi connectivity index (χ3n) is 10.4. The molecule has 33 heavy (non-hydrogen) atoms. The van der Waals surface area contributed by atoms with Gasteiger partial charge in [-0.25, -0.2) is 0 Å². The number of hydrogen-bond acceptors (Lipinski definition) is 4. The van der Waals surface area contributed by atoms with E-state index in [-0.39, 0.29) is 11.8 Å². The topological polar surface area (TPSA) is 52.6 Å². The molecule has 1 heterocycles. The van der Waals surface area contributed by atoms with Gasteiger partial charge in [0.2, 0.25) is 0 Å².